The van der Waals surface area contributed by atoms with E-state index in [-0.39, 0.29) is 104 Å². The average Bonchev–Trinajstić information content (AvgIpc) is 3.56. The predicted molar refractivity (Wildman–Crippen MR) is 317 cm³/mol. The van der Waals surface area contributed by atoms with Crippen LogP contribution >= 0.6 is 0 Å². The number of nitrogens with one attached hydrogen (secondary N) is 9. The largest absolute Gasteiger partial charge is 0.382 e. The van der Waals surface area contributed by atoms with Crippen LogP contribution in [0.5, 0.6) is 0 Å². The molecule has 29 nitrogen and oxygen atoms in total. The van der Waals surface area contributed by atoms with Gasteiger partial charge in [0, 0.05) is 54.6 Å². The summed E-state index contributed by atoms with van der Waals surface area (Å²) in [5, 5.41) is 26.6. The molecule has 29 heteroatoms. The van der Waals surface area contributed by atoms with Crippen molar-refractivity contribution in [1.29, 1.82) is 0 Å². The van der Waals surface area contributed by atoms with E-state index in [1.54, 1.807) is 28.4 Å². The van der Waals surface area contributed by atoms with E-state index in [0.29, 0.717) is 144 Å². The molecule has 0 saturated carbocycles. The van der Waals surface area contributed by atoms with Gasteiger partial charge >= 0.3 is 0 Å². The lowest BCUT2D eigenvalue weighted by atomic mass is 10.0. The van der Waals surface area contributed by atoms with Crippen molar-refractivity contribution >= 4 is 41.4 Å². The van der Waals surface area contributed by atoms with Gasteiger partial charge in [-0.25, -0.2) is 0 Å². The van der Waals surface area contributed by atoms with Crippen LogP contribution in [0.1, 0.15) is 83.5 Å². The molecule has 0 heterocycles. The second-order valence-electron chi connectivity index (χ2n) is 19.4. The summed E-state index contributed by atoms with van der Waals surface area (Å²) >= 11 is 0. The molecule has 0 aliphatic rings. The van der Waals surface area contributed by atoms with Gasteiger partial charge in [-0.1, -0.05) is 0 Å². The van der Waals surface area contributed by atoms with Crippen LogP contribution in [-0.2, 0) is 90.4 Å². The summed E-state index contributed by atoms with van der Waals surface area (Å²) in [6.07, 6.45) is 6.92. The number of nitrogens with two attached hydrogens (primary N) is 1. The van der Waals surface area contributed by atoms with Gasteiger partial charge in [-0.2, -0.15) is 0 Å². The topological polar surface area (TPSA) is 365 Å². The molecule has 0 spiro atoms. The van der Waals surface area contributed by atoms with Crippen molar-refractivity contribution in [3.63, 3.8) is 0 Å². The predicted octanol–water partition coefficient (Wildman–Crippen LogP) is -2.17. The standard InChI is InChI=1S/C56H110N10O19/c1-74-27-31-78-35-39-82-43-50(67)60-23-8-5-15-47(64-52(69)45-84-41-37-80-33-29-76-3)54(71)62-25-10-7-16-48(55(72)63-26-14-22-59-20-12-11-19-58-21-13-18-57)66-56(73)49(65-53(70)46-85-42-38-81-34-30-77-4)17-6-9-24-61-51(68)44-83-40-36-79-32-28-75-2/h47-49,58-59H,5-46,57H2,1-4H3,(H,60,67)(H,61,68)(H,62,71)(H,63,72)(H,64,69)(H,65,70)(H,66,73)/t47-,48-,49-/m0/s1. The second kappa shape index (κ2) is 62.7. The summed E-state index contributed by atoms with van der Waals surface area (Å²) in [6, 6.07) is -2.97. The Bertz CT molecular complexity index is 1640. The molecule has 11 N–H and O–H groups in total. The first-order valence-corrected chi connectivity index (χ1v) is 30.2. The van der Waals surface area contributed by atoms with Crippen LogP contribution < -0.4 is 53.6 Å². The molecule has 0 fully saturated rings. The quantitative estimate of drug-likeness (QED) is 0.0290. The van der Waals surface area contributed by atoms with Gasteiger partial charge in [0.1, 0.15) is 44.6 Å². The van der Waals surface area contributed by atoms with Gasteiger partial charge in [0.15, 0.2) is 0 Å². The Morgan fingerprint density at radius 1 is 0.294 bits per heavy atom. The maximum absolute atomic E-state index is 14.1. The Labute approximate surface area is 505 Å². The SMILES string of the molecule is COCCOCCOCC(=O)NCCCC[C@H](NC(=O)COCCOCCOC)C(=O)NCCCC[C@H](NC(=O)[C@H](CCCCNC(=O)COCCOCCOC)NC(=O)COCCOCCOC)C(=O)NCCCNCCCCNCCCN. The Hall–Kier alpha value is -4.31. The fraction of sp³-hybridized carbons (Fsp3) is 0.875. The van der Waals surface area contributed by atoms with Gasteiger partial charge in [-0.3, -0.25) is 33.6 Å². The van der Waals surface area contributed by atoms with Crippen molar-refractivity contribution < 1.29 is 90.4 Å². The van der Waals surface area contributed by atoms with Crippen LogP contribution in [0.25, 0.3) is 0 Å². The first kappa shape index (κ1) is 80.7. The highest BCUT2D eigenvalue weighted by Crippen LogP contribution is 2.08. The molecule has 0 aromatic rings. The van der Waals surface area contributed by atoms with E-state index in [4.69, 9.17) is 62.6 Å². The summed E-state index contributed by atoms with van der Waals surface area (Å²) in [5.41, 5.74) is 5.56. The number of hydrogen-bond acceptors (Lipinski definition) is 22. The lowest BCUT2D eigenvalue weighted by Crippen LogP contribution is -2.54. The molecule has 0 radical (unpaired) electrons. The molecule has 0 unspecified atom stereocenters. The normalized spacial score (nSPS) is 12.3. The molecule has 0 aromatic heterocycles. The summed E-state index contributed by atoms with van der Waals surface area (Å²) in [4.78, 5) is 92.4. The number of unbranched alkanes of at least 4 members (excludes halogenated alkanes) is 4. The summed E-state index contributed by atoms with van der Waals surface area (Å²) in [6.45, 7) is 9.46. The third-order valence-corrected chi connectivity index (χ3v) is 12.1. The van der Waals surface area contributed by atoms with E-state index in [2.05, 4.69) is 47.9 Å². The third-order valence-electron chi connectivity index (χ3n) is 12.1. The van der Waals surface area contributed by atoms with Crippen LogP contribution in [0, 0.1) is 0 Å². The van der Waals surface area contributed by atoms with Crippen molar-refractivity contribution in [3.8, 4) is 0 Å². The van der Waals surface area contributed by atoms with Crippen molar-refractivity contribution in [2.75, 3.05) is 219 Å². The minimum absolute atomic E-state index is 0.130. The fourth-order valence-corrected chi connectivity index (χ4v) is 7.50. The summed E-state index contributed by atoms with van der Waals surface area (Å²) < 4.78 is 63.0. The molecule has 3 atom stereocenters. The van der Waals surface area contributed by atoms with Gasteiger partial charge in [0.2, 0.25) is 41.4 Å². The summed E-state index contributed by atoms with van der Waals surface area (Å²) in [7, 11) is 6.28. The third kappa shape index (κ3) is 54.8. The number of amides is 7. The summed E-state index contributed by atoms with van der Waals surface area (Å²) in [5.74, 6) is -3.06. The van der Waals surface area contributed by atoms with E-state index in [1.807, 2.05) is 0 Å². The highest BCUT2D eigenvalue weighted by Gasteiger charge is 2.27. The van der Waals surface area contributed by atoms with Gasteiger partial charge in [0.25, 0.3) is 0 Å². The maximum atomic E-state index is 14.1. The van der Waals surface area contributed by atoms with Crippen LogP contribution in [-0.4, -0.2) is 279 Å². The Morgan fingerprint density at radius 2 is 0.576 bits per heavy atom. The van der Waals surface area contributed by atoms with Crippen LogP contribution in [0.3, 0.4) is 0 Å². The van der Waals surface area contributed by atoms with Crippen molar-refractivity contribution in [3.05, 3.63) is 0 Å². The molecule has 0 saturated heterocycles. The molecule has 7 amide bonds. The highest BCUT2D eigenvalue weighted by atomic mass is 16.6. The minimum Gasteiger partial charge on any atom is -0.382 e. The van der Waals surface area contributed by atoms with Crippen LogP contribution in [0.15, 0.2) is 0 Å². The zero-order valence-corrected chi connectivity index (χ0v) is 51.8. The molecule has 498 valence electrons. The minimum atomic E-state index is -1.06. The molecule has 0 rings (SSSR count). The lowest BCUT2D eigenvalue weighted by Gasteiger charge is -2.24. The van der Waals surface area contributed by atoms with E-state index in [0.717, 1.165) is 38.9 Å². The molecule has 0 aliphatic heterocycles. The number of ether oxygens (including phenoxy) is 12. The average molecular weight is 1230 g/mol. The zero-order chi connectivity index (χ0) is 62.3. The van der Waals surface area contributed by atoms with Crippen LogP contribution in [0.4, 0.5) is 0 Å². The van der Waals surface area contributed by atoms with Crippen LogP contribution in [0.2, 0.25) is 0 Å². The van der Waals surface area contributed by atoms with Gasteiger partial charge in [-0.05, 0) is 116 Å². The number of rotatable bonds is 65. The first-order chi connectivity index (χ1) is 41.5. The first-order valence-electron chi connectivity index (χ1n) is 30.2. The molecule has 85 heavy (non-hydrogen) atoms. The number of hydrogen-bond donors (Lipinski definition) is 10. The smallest absolute Gasteiger partial charge is 0.246 e. The molecule has 0 aromatic carbocycles. The van der Waals surface area contributed by atoms with Crippen molar-refractivity contribution in [1.82, 2.24) is 47.9 Å². The van der Waals surface area contributed by atoms with Gasteiger partial charge < -0.3 is 110 Å². The number of methoxy groups -OCH3 is 4. The molecular formula is C56H110N10O19. The Kier molecular flexibility index (Phi) is 59.6. The van der Waals surface area contributed by atoms with Crippen molar-refractivity contribution in [2.24, 2.45) is 5.73 Å². The van der Waals surface area contributed by atoms with Crippen molar-refractivity contribution in [2.45, 2.75) is 102 Å². The number of carbonyl (C=O) groups excluding carboxylic acids is 7. The van der Waals surface area contributed by atoms with E-state index in [1.165, 1.54) is 0 Å². The Morgan fingerprint density at radius 3 is 0.953 bits per heavy atom. The second-order valence-corrected chi connectivity index (χ2v) is 19.4. The van der Waals surface area contributed by atoms with Gasteiger partial charge in [-0.15, -0.1) is 0 Å². The Balaban J connectivity index is 5.85. The monoisotopic (exact) mass is 1230 g/mol. The zero-order valence-electron chi connectivity index (χ0n) is 51.8. The number of carbonyl (C=O) groups is 7. The molecule has 0 aliphatic carbocycles. The van der Waals surface area contributed by atoms with E-state index >= 15 is 0 Å². The van der Waals surface area contributed by atoms with Gasteiger partial charge in [0.05, 0.1) is 106 Å². The fourth-order valence-electron chi connectivity index (χ4n) is 7.50. The molecular weight excluding hydrogens is 1120 g/mol. The molecule has 0 bridgehead atoms. The highest BCUT2D eigenvalue weighted by molar-refractivity contribution is 5.92. The maximum Gasteiger partial charge on any atom is 0.246 e. The lowest BCUT2D eigenvalue weighted by molar-refractivity contribution is -0.134. The van der Waals surface area contributed by atoms with E-state index < -0.39 is 47.7 Å². The van der Waals surface area contributed by atoms with E-state index in [9.17, 15) is 33.6 Å².